The molecule has 0 bridgehead atoms. The fourth-order valence-corrected chi connectivity index (χ4v) is 2.99. The summed E-state index contributed by atoms with van der Waals surface area (Å²) in [5.74, 6) is 1.42. The van der Waals surface area contributed by atoms with Crippen LogP contribution in [0, 0.1) is 33.1 Å². The number of ether oxygens (including phenoxy) is 2. The Morgan fingerprint density at radius 1 is 1.03 bits per heavy atom. The third-order valence-electron chi connectivity index (χ3n) is 4.73. The van der Waals surface area contributed by atoms with Crippen LogP contribution in [-0.2, 0) is 4.74 Å². The molecule has 6 nitrogen and oxygen atoms in total. The minimum atomic E-state index is -4.94. The van der Waals surface area contributed by atoms with Crippen molar-refractivity contribution in [2.45, 2.75) is 60.5 Å². The maximum absolute atomic E-state index is 8.49. The normalized spacial score (nSPS) is 21.0. The molecule has 1 aliphatic rings. The highest BCUT2D eigenvalue weighted by Gasteiger charge is 2.49. The van der Waals surface area contributed by atoms with Gasteiger partial charge in [0.25, 0.3) is 0 Å². The molecule has 1 saturated heterocycles. The number of halogens is 1. The number of allylic oxidation sites excluding steroid dienone is 1. The van der Waals surface area contributed by atoms with E-state index in [1.807, 2.05) is 12.1 Å². The summed E-state index contributed by atoms with van der Waals surface area (Å²) in [4.78, 5) is 0. The SMILES string of the molecule is COc1ccc(/C=C/C2C[C+](C(C)(C)C)OC(C(C)(C)C)C2)cc1.[O-][Cl+3]([O-])([O-])[O-]. The van der Waals surface area contributed by atoms with Crippen LogP contribution in [0.4, 0.5) is 0 Å². The highest BCUT2D eigenvalue weighted by Crippen LogP contribution is 2.45. The second kappa shape index (κ2) is 10.2. The Kier molecular flexibility index (Phi) is 9.02. The first-order valence-corrected chi connectivity index (χ1v) is 10.8. The lowest BCUT2D eigenvalue weighted by molar-refractivity contribution is -2.00. The molecule has 0 radical (unpaired) electrons. The summed E-state index contributed by atoms with van der Waals surface area (Å²) < 4.78 is 45.6. The molecule has 7 heteroatoms. The van der Waals surface area contributed by atoms with Crippen LogP contribution in [0.25, 0.3) is 6.08 Å². The smallest absolute Gasteiger partial charge is 0.247 e. The van der Waals surface area contributed by atoms with Crippen LogP contribution in [0.5, 0.6) is 5.75 Å². The minimum absolute atomic E-state index is 0.0934. The van der Waals surface area contributed by atoms with E-state index in [9.17, 15) is 0 Å². The maximum atomic E-state index is 8.49. The van der Waals surface area contributed by atoms with Gasteiger partial charge in [0.1, 0.15) is 23.7 Å². The van der Waals surface area contributed by atoms with Crippen molar-refractivity contribution in [1.29, 1.82) is 0 Å². The summed E-state index contributed by atoms with van der Waals surface area (Å²) in [6.45, 7) is 13.6. The van der Waals surface area contributed by atoms with Gasteiger partial charge in [-0.15, -0.1) is 10.2 Å². The molecule has 164 valence electrons. The number of hydrogen-bond donors (Lipinski definition) is 0. The Hall–Kier alpha value is -1.28. The molecule has 0 amide bonds. The molecule has 2 unspecified atom stereocenters. The largest absolute Gasteiger partial charge is 0.497 e. The van der Waals surface area contributed by atoms with E-state index in [2.05, 4.69) is 65.8 Å². The van der Waals surface area contributed by atoms with Gasteiger partial charge in [-0.25, -0.2) is 18.6 Å². The molecule has 1 aliphatic heterocycles. The Balaban J connectivity index is 0.000000749. The zero-order chi connectivity index (χ0) is 22.5. The van der Waals surface area contributed by atoms with Crippen LogP contribution in [0.15, 0.2) is 30.3 Å². The summed E-state index contributed by atoms with van der Waals surface area (Å²) in [6.07, 6.45) is 8.19. The highest BCUT2D eigenvalue weighted by molar-refractivity contribution is 5.51. The van der Waals surface area contributed by atoms with Crippen LogP contribution in [0.3, 0.4) is 0 Å². The van der Waals surface area contributed by atoms with Gasteiger partial charge in [0.15, 0.2) is 0 Å². The van der Waals surface area contributed by atoms with Crippen molar-refractivity contribution in [1.82, 2.24) is 0 Å². The van der Waals surface area contributed by atoms with Crippen molar-refractivity contribution >= 4 is 6.08 Å². The lowest BCUT2D eigenvalue weighted by Crippen LogP contribution is -2.68. The molecule has 1 aromatic carbocycles. The van der Waals surface area contributed by atoms with Gasteiger partial charge in [0, 0.05) is 5.92 Å². The first-order chi connectivity index (χ1) is 13.1. The molecular weight excluding hydrogens is 396 g/mol. The second-order valence-corrected chi connectivity index (χ2v) is 10.1. The molecule has 2 atom stereocenters. The van der Waals surface area contributed by atoms with Crippen molar-refractivity contribution < 1.29 is 38.4 Å². The van der Waals surface area contributed by atoms with E-state index in [1.165, 1.54) is 11.7 Å². The van der Waals surface area contributed by atoms with Gasteiger partial charge in [-0.05, 0) is 50.3 Å². The quantitative estimate of drug-likeness (QED) is 0.672. The zero-order valence-electron chi connectivity index (χ0n) is 18.4. The van der Waals surface area contributed by atoms with Gasteiger partial charge in [-0.2, -0.15) is 4.74 Å². The first-order valence-electron chi connectivity index (χ1n) is 9.56. The van der Waals surface area contributed by atoms with E-state index >= 15 is 0 Å². The van der Waals surface area contributed by atoms with Gasteiger partial charge in [0.2, 0.25) is 6.10 Å². The molecule has 2 rings (SSSR count). The molecule has 0 N–H and O–H groups in total. The van der Waals surface area contributed by atoms with Crippen LogP contribution in [0.1, 0.15) is 59.9 Å². The molecule has 29 heavy (non-hydrogen) atoms. The molecule has 1 aromatic rings. The van der Waals surface area contributed by atoms with Crippen LogP contribution in [0.2, 0.25) is 0 Å². The third kappa shape index (κ3) is 10.3. The van der Waals surface area contributed by atoms with Crippen molar-refractivity contribution in [3.05, 3.63) is 42.0 Å². The molecule has 1 heterocycles. The fraction of sp³-hybridized carbons (Fsp3) is 0.591. The second-order valence-electron chi connectivity index (χ2n) is 9.36. The Labute approximate surface area is 176 Å². The van der Waals surface area contributed by atoms with E-state index in [-0.39, 0.29) is 16.9 Å². The number of rotatable bonds is 3. The standard InChI is InChI=1S/C22H33O2.ClHO4/c1-21(2,3)19-14-17(15-20(24-19)22(4,5)6)9-8-16-10-12-18(23-7)13-11-16;2-1(3,4)5/h8-13,17,19H,14-15H2,1-7H3;(H,2,3,4,5)/q+1;/p-1/b9-8+;. The van der Waals surface area contributed by atoms with Gasteiger partial charge in [0.05, 0.1) is 7.11 Å². The molecule has 0 spiro atoms. The zero-order valence-corrected chi connectivity index (χ0v) is 19.1. The third-order valence-corrected chi connectivity index (χ3v) is 4.73. The molecule has 0 aliphatic carbocycles. The Bertz CT molecular complexity index is 609. The first kappa shape index (κ1) is 25.8. The van der Waals surface area contributed by atoms with Gasteiger partial charge in [-0.3, -0.25) is 0 Å². The predicted octanol–water partition coefficient (Wildman–Crippen LogP) is 1.37. The predicted molar refractivity (Wildman–Crippen MR) is 102 cm³/mol. The molecular formula is C22H33ClO6. The van der Waals surface area contributed by atoms with E-state index in [0.29, 0.717) is 5.92 Å². The average Bonchev–Trinajstić information content (AvgIpc) is 2.57. The number of methoxy groups -OCH3 is 1. The van der Waals surface area contributed by atoms with Gasteiger partial charge >= 0.3 is 0 Å². The van der Waals surface area contributed by atoms with E-state index in [4.69, 9.17) is 28.1 Å². The topological polar surface area (TPSA) is 111 Å². The van der Waals surface area contributed by atoms with Crippen LogP contribution >= 0.6 is 0 Å². The van der Waals surface area contributed by atoms with Crippen molar-refractivity contribution in [3.63, 3.8) is 0 Å². The van der Waals surface area contributed by atoms with Crippen molar-refractivity contribution in [2.24, 2.45) is 16.7 Å². The summed E-state index contributed by atoms with van der Waals surface area (Å²) in [7, 11) is -3.25. The fourth-order valence-electron chi connectivity index (χ4n) is 2.99. The summed E-state index contributed by atoms with van der Waals surface area (Å²) in [6, 6.07) is 8.22. The minimum Gasteiger partial charge on any atom is -0.497 e. The summed E-state index contributed by atoms with van der Waals surface area (Å²) >= 11 is 0. The van der Waals surface area contributed by atoms with Gasteiger partial charge in [-0.1, -0.05) is 45.1 Å². The van der Waals surface area contributed by atoms with Crippen LogP contribution < -0.4 is 23.4 Å². The van der Waals surface area contributed by atoms with Crippen molar-refractivity contribution in [3.8, 4) is 5.75 Å². The Morgan fingerprint density at radius 3 is 1.97 bits per heavy atom. The summed E-state index contributed by atoms with van der Waals surface area (Å²) in [5.41, 5.74) is 1.46. The molecule has 0 saturated carbocycles. The Morgan fingerprint density at radius 2 is 1.55 bits per heavy atom. The monoisotopic (exact) mass is 428 g/mol. The van der Waals surface area contributed by atoms with Gasteiger partial charge < -0.3 is 4.74 Å². The summed E-state index contributed by atoms with van der Waals surface area (Å²) in [5, 5.41) is 0. The number of benzene rings is 1. The van der Waals surface area contributed by atoms with E-state index in [1.54, 1.807) is 7.11 Å². The van der Waals surface area contributed by atoms with E-state index in [0.717, 1.165) is 18.6 Å². The molecule has 1 fully saturated rings. The number of hydrogen-bond acceptors (Lipinski definition) is 6. The highest BCUT2D eigenvalue weighted by atomic mass is 35.7. The maximum Gasteiger partial charge on any atom is 0.247 e. The lowest BCUT2D eigenvalue weighted by atomic mass is 9.75. The molecule has 0 aromatic heterocycles. The average molecular weight is 429 g/mol. The van der Waals surface area contributed by atoms with Crippen molar-refractivity contribution in [2.75, 3.05) is 7.11 Å². The lowest BCUT2D eigenvalue weighted by Gasteiger charge is -2.37. The van der Waals surface area contributed by atoms with E-state index < -0.39 is 10.2 Å². The van der Waals surface area contributed by atoms with Crippen LogP contribution in [-0.4, -0.2) is 13.2 Å².